The molecule has 0 aliphatic heterocycles. The fourth-order valence-corrected chi connectivity index (χ4v) is 3.91. The van der Waals surface area contributed by atoms with Gasteiger partial charge in [-0.1, -0.05) is 17.7 Å². The highest BCUT2D eigenvalue weighted by Gasteiger charge is 2.23. The summed E-state index contributed by atoms with van der Waals surface area (Å²) in [4.78, 5) is 20.1. The molecular formula is C19H19ClN6O. The van der Waals surface area contributed by atoms with Crippen molar-refractivity contribution in [2.24, 2.45) is 12.8 Å². The van der Waals surface area contributed by atoms with E-state index in [2.05, 4.69) is 23.8 Å². The molecule has 0 spiro atoms. The number of primary amides is 1. The number of aryl methyl sites for hydroxylation is 1. The van der Waals surface area contributed by atoms with E-state index in [-0.39, 0.29) is 6.04 Å². The van der Waals surface area contributed by atoms with Crippen molar-refractivity contribution in [3.8, 4) is 11.3 Å². The first kappa shape index (κ1) is 17.4. The second-order valence-electron chi connectivity index (χ2n) is 6.82. The second-order valence-corrected chi connectivity index (χ2v) is 7.20. The Bertz CT molecular complexity index is 1220. The third-order valence-electron chi connectivity index (χ3n) is 4.87. The number of anilines is 1. The van der Waals surface area contributed by atoms with Crippen LogP contribution in [0.1, 0.15) is 30.2 Å². The number of benzene rings is 1. The summed E-state index contributed by atoms with van der Waals surface area (Å²) in [5, 5.41) is 2.17. The average Bonchev–Trinajstić information content (AvgIpc) is 3.12. The number of rotatable bonds is 3. The predicted octanol–water partition coefficient (Wildman–Crippen LogP) is 3.51. The van der Waals surface area contributed by atoms with Crippen molar-refractivity contribution in [2.75, 3.05) is 5.73 Å². The normalized spacial score (nSPS) is 11.7. The zero-order valence-corrected chi connectivity index (χ0v) is 15.9. The molecule has 0 saturated heterocycles. The lowest BCUT2D eigenvalue weighted by Gasteiger charge is -2.07. The van der Waals surface area contributed by atoms with Crippen LogP contribution in [0.2, 0.25) is 5.02 Å². The van der Waals surface area contributed by atoms with Gasteiger partial charge in [0.25, 0.3) is 0 Å². The number of halogens is 1. The average molecular weight is 383 g/mol. The van der Waals surface area contributed by atoms with Crippen LogP contribution >= 0.6 is 11.6 Å². The molecule has 0 saturated carbocycles. The van der Waals surface area contributed by atoms with Crippen LogP contribution in [0.25, 0.3) is 33.2 Å². The van der Waals surface area contributed by atoms with Crippen molar-refractivity contribution < 1.29 is 4.79 Å². The molecule has 3 heterocycles. The molecule has 0 aliphatic rings. The lowest BCUT2D eigenvalue weighted by molar-refractivity contribution is 0.100. The molecule has 27 heavy (non-hydrogen) atoms. The van der Waals surface area contributed by atoms with Crippen LogP contribution in [0.4, 0.5) is 5.82 Å². The van der Waals surface area contributed by atoms with Gasteiger partial charge >= 0.3 is 0 Å². The highest BCUT2D eigenvalue weighted by molar-refractivity contribution is 6.39. The van der Waals surface area contributed by atoms with Crippen LogP contribution in [0.15, 0.2) is 30.7 Å². The van der Waals surface area contributed by atoms with E-state index in [4.69, 9.17) is 23.1 Å². The summed E-state index contributed by atoms with van der Waals surface area (Å²) >= 11 is 6.74. The summed E-state index contributed by atoms with van der Waals surface area (Å²) in [6.07, 6.45) is 3.46. The lowest BCUT2D eigenvalue weighted by Crippen LogP contribution is -2.10. The standard InChI is InChI=1S/C19H19ClN6O/c1-9(2)26-7-12(14-17(21)23-8-24-19(14)26)16-15(20)11-5-4-10(18(22)27)6-13(11)25(16)3/h4-9H,1-3H3,(H2,22,27)(H2,21,23,24). The SMILES string of the molecule is CC(C)n1cc(-c2c(Cl)c3ccc(C(N)=O)cc3n2C)c2c(N)ncnc21. The van der Waals surface area contributed by atoms with E-state index >= 15 is 0 Å². The predicted molar refractivity (Wildman–Crippen MR) is 108 cm³/mol. The first-order chi connectivity index (χ1) is 12.8. The number of hydrogen-bond donors (Lipinski definition) is 2. The van der Waals surface area contributed by atoms with E-state index in [1.165, 1.54) is 6.33 Å². The van der Waals surface area contributed by atoms with Crippen LogP contribution in [-0.2, 0) is 7.05 Å². The molecule has 0 atom stereocenters. The van der Waals surface area contributed by atoms with Crippen LogP contribution in [0.5, 0.6) is 0 Å². The van der Waals surface area contributed by atoms with Gasteiger partial charge in [0.2, 0.25) is 5.91 Å². The highest BCUT2D eigenvalue weighted by atomic mass is 35.5. The number of nitrogens with two attached hydrogens (primary N) is 2. The zero-order chi connectivity index (χ0) is 19.5. The van der Waals surface area contributed by atoms with E-state index in [9.17, 15) is 4.79 Å². The number of carbonyl (C=O) groups is 1. The van der Waals surface area contributed by atoms with Gasteiger partial charge in [0, 0.05) is 35.8 Å². The maximum atomic E-state index is 11.6. The van der Waals surface area contributed by atoms with Gasteiger partial charge in [-0.05, 0) is 26.0 Å². The maximum Gasteiger partial charge on any atom is 0.248 e. The number of nitrogens with zero attached hydrogens (tertiary/aromatic N) is 4. The van der Waals surface area contributed by atoms with Gasteiger partial charge in [-0.3, -0.25) is 4.79 Å². The molecule has 7 nitrogen and oxygen atoms in total. The van der Waals surface area contributed by atoms with Gasteiger partial charge in [0.05, 0.1) is 21.6 Å². The van der Waals surface area contributed by atoms with Gasteiger partial charge < -0.3 is 20.6 Å². The summed E-state index contributed by atoms with van der Waals surface area (Å²) in [6.45, 7) is 4.15. The number of amides is 1. The Labute approximate surface area is 160 Å². The fraction of sp³-hybridized carbons (Fsp3) is 0.211. The Morgan fingerprint density at radius 3 is 2.67 bits per heavy atom. The summed E-state index contributed by atoms with van der Waals surface area (Å²) in [5.41, 5.74) is 15.2. The van der Waals surface area contributed by atoms with Crippen molar-refractivity contribution in [1.82, 2.24) is 19.1 Å². The molecule has 4 rings (SSSR count). The first-order valence-corrected chi connectivity index (χ1v) is 8.88. The second kappa shape index (κ2) is 5.99. The van der Waals surface area contributed by atoms with Gasteiger partial charge in [-0.2, -0.15) is 0 Å². The molecule has 0 bridgehead atoms. The summed E-state index contributed by atoms with van der Waals surface area (Å²) in [5.74, 6) is -0.0848. The molecule has 0 radical (unpaired) electrons. The highest BCUT2D eigenvalue weighted by Crippen LogP contribution is 2.42. The Kier molecular flexibility index (Phi) is 3.85. The van der Waals surface area contributed by atoms with Crippen LogP contribution in [-0.4, -0.2) is 25.0 Å². The van der Waals surface area contributed by atoms with E-state index in [0.717, 1.165) is 33.2 Å². The van der Waals surface area contributed by atoms with E-state index in [1.54, 1.807) is 12.1 Å². The minimum atomic E-state index is -0.482. The van der Waals surface area contributed by atoms with E-state index in [1.807, 2.05) is 28.4 Å². The van der Waals surface area contributed by atoms with Crippen molar-refractivity contribution in [3.63, 3.8) is 0 Å². The fourth-order valence-electron chi connectivity index (χ4n) is 3.52. The van der Waals surface area contributed by atoms with Crippen LogP contribution in [0.3, 0.4) is 0 Å². The first-order valence-electron chi connectivity index (χ1n) is 8.50. The minimum absolute atomic E-state index is 0.186. The Balaban J connectivity index is 2.10. The molecule has 0 unspecified atom stereocenters. The quantitative estimate of drug-likeness (QED) is 0.565. The molecule has 0 fully saturated rings. The maximum absolute atomic E-state index is 11.6. The van der Waals surface area contributed by atoms with Gasteiger partial charge in [0.15, 0.2) is 0 Å². The zero-order valence-electron chi connectivity index (χ0n) is 15.2. The Morgan fingerprint density at radius 2 is 2.00 bits per heavy atom. The molecule has 3 aromatic heterocycles. The molecule has 4 N–H and O–H groups in total. The van der Waals surface area contributed by atoms with E-state index < -0.39 is 5.91 Å². The largest absolute Gasteiger partial charge is 0.383 e. The van der Waals surface area contributed by atoms with Gasteiger partial charge in [0.1, 0.15) is 17.8 Å². The molecule has 8 heteroatoms. The number of nitrogen functional groups attached to an aromatic ring is 1. The molecule has 0 aliphatic carbocycles. The number of carbonyl (C=O) groups excluding carboxylic acids is 1. The van der Waals surface area contributed by atoms with Crippen molar-refractivity contribution in [2.45, 2.75) is 19.9 Å². The number of fused-ring (bicyclic) bond motifs is 2. The smallest absolute Gasteiger partial charge is 0.248 e. The third kappa shape index (κ3) is 2.46. The summed E-state index contributed by atoms with van der Waals surface area (Å²) in [7, 11) is 1.90. The topological polar surface area (TPSA) is 105 Å². The van der Waals surface area contributed by atoms with Gasteiger partial charge in [-0.25, -0.2) is 9.97 Å². The lowest BCUT2D eigenvalue weighted by atomic mass is 10.1. The number of aromatic nitrogens is 4. The van der Waals surface area contributed by atoms with E-state index in [0.29, 0.717) is 16.4 Å². The monoisotopic (exact) mass is 382 g/mol. The Hall–Kier alpha value is -3.06. The third-order valence-corrected chi connectivity index (χ3v) is 5.26. The molecule has 1 amide bonds. The van der Waals surface area contributed by atoms with Crippen LogP contribution in [0, 0.1) is 0 Å². The van der Waals surface area contributed by atoms with Crippen molar-refractivity contribution in [1.29, 1.82) is 0 Å². The Morgan fingerprint density at radius 1 is 1.26 bits per heavy atom. The van der Waals surface area contributed by atoms with Crippen molar-refractivity contribution in [3.05, 3.63) is 41.3 Å². The molecule has 138 valence electrons. The summed E-state index contributed by atoms with van der Waals surface area (Å²) in [6, 6.07) is 5.41. The molecular weight excluding hydrogens is 364 g/mol. The van der Waals surface area contributed by atoms with Crippen LogP contribution < -0.4 is 11.5 Å². The molecule has 1 aromatic carbocycles. The number of hydrogen-bond acceptors (Lipinski definition) is 4. The van der Waals surface area contributed by atoms with Gasteiger partial charge in [-0.15, -0.1) is 0 Å². The summed E-state index contributed by atoms with van der Waals surface area (Å²) < 4.78 is 3.99. The molecule has 4 aromatic rings. The van der Waals surface area contributed by atoms with Crippen molar-refractivity contribution >= 4 is 45.3 Å². The minimum Gasteiger partial charge on any atom is -0.383 e.